The summed E-state index contributed by atoms with van der Waals surface area (Å²) in [4.78, 5) is 6.81. The second kappa shape index (κ2) is 10.9. The Morgan fingerprint density at radius 1 is 1.12 bits per heavy atom. The van der Waals surface area contributed by atoms with Gasteiger partial charge in [-0.25, -0.2) is 0 Å². The third-order valence-corrected chi connectivity index (χ3v) is 5.19. The SMILES string of the molecule is CN=C(NCC1(OC)CCOCC1)NCC(C)(C)N1CCOCC1.I. The third kappa shape index (κ3) is 6.82. The van der Waals surface area contributed by atoms with E-state index in [0.29, 0.717) is 0 Å². The Hall–Kier alpha value is -0.160. The zero-order valence-corrected chi connectivity index (χ0v) is 18.4. The Bertz CT molecular complexity index is 409. The lowest BCUT2D eigenvalue weighted by atomic mass is 9.94. The largest absolute Gasteiger partial charge is 0.381 e. The van der Waals surface area contributed by atoms with Crippen LogP contribution in [0.3, 0.4) is 0 Å². The van der Waals surface area contributed by atoms with E-state index in [0.717, 1.165) is 71.4 Å². The van der Waals surface area contributed by atoms with Gasteiger partial charge < -0.3 is 24.8 Å². The van der Waals surface area contributed by atoms with Crippen molar-refractivity contribution in [1.29, 1.82) is 0 Å². The van der Waals surface area contributed by atoms with Crippen molar-refractivity contribution >= 4 is 29.9 Å². The molecular formula is C17H35IN4O3. The van der Waals surface area contributed by atoms with E-state index in [-0.39, 0.29) is 35.1 Å². The van der Waals surface area contributed by atoms with Crippen molar-refractivity contribution in [2.45, 2.75) is 37.8 Å². The van der Waals surface area contributed by atoms with Crippen LogP contribution < -0.4 is 10.6 Å². The Morgan fingerprint density at radius 3 is 2.28 bits per heavy atom. The lowest BCUT2D eigenvalue weighted by molar-refractivity contribution is -0.0855. The smallest absolute Gasteiger partial charge is 0.191 e. The molecule has 2 rings (SSSR count). The van der Waals surface area contributed by atoms with E-state index in [1.807, 2.05) is 0 Å². The molecule has 0 spiro atoms. The highest BCUT2D eigenvalue weighted by Crippen LogP contribution is 2.23. The summed E-state index contributed by atoms with van der Waals surface area (Å²) in [6.07, 6.45) is 1.82. The van der Waals surface area contributed by atoms with E-state index in [1.165, 1.54) is 0 Å². The van der Waals surface area contributed by atoms with Crippen LogP contribution in [-0.4, -0.2) is 88.8 Å². The van der Waals surface area contributed by atoms with Gasteiger partial charge in [0, 0.05) is 71.9 Å². The minimum atomic E-state index is -0.157. The van der Waals surface area contributed by atoms with Gasteiger partial charge in [-0.1, -0.05) is 0 Å². The number of guanidine groups is 1. The average Bonchev–Trinajstić information content (AvgIpc) is 2.63. The Labute approximate surface area is 169 Å². The number of hydrogen-bond acceptors (Lipinski definition) is 5. The highest BCUT2D eigenvalue weighted by atomic mass is 127. The van der Waals surface area contributed by atoms with Crippen molar-refractivity contribution in [1.82, 2.24) is 15.5 Å². The molecule has 0 atom stereocenters. The topological polar surface area (TPSA) is 67.4 Å². The first-order valence-electron chi connectivity index (χ1n) is 8.92. The normalized spacial score (nSPS) is 22.2. The summed E-state index contributed by atoms with van der Waals surface area (Å²) in [5.41, 5.74) is -0.103. The number of aliphatic imine (C=N–C) groups is 1. The van der Waals surface area contributed by atoms with Gasteiger partial charge in [-0.2, -0.15) is 0 Å². The van der Waals surface area contributed by atoms with Crippen molar-refractivity contribution in [2.75, 3.05) is 66.8 Å². The van der Waals surface area contributed by atoms with Crippen LogP contribution in [0.5, 0.6) is 0 Å². The molecule has 0 bridgehead atoms. The van der Waals surface area contributed by atoms with Crippen LogP contribution in [0.1, 0.15) is 26.7 Å². The number of halogens is 1. The molecule has 0 aliphatic carbocycles. The molecule has 0 unspecified atom stereocenters. The van der Waals surface area contributed by atoms with Gasteiger partial charge in [0.25, 0.3) is 0 Å². The summed E-state index contributed by atoms with van der Waals surface area (Å²) < 4.78 is 16.7. The van der Waals surface area contributed by atoms with E-state index in [4.69, 9.17) is 14.2 Å². The standard InChI is InChI=1S/C17H34N4O3.HI/c1-16(2,21-7-11-24-12-8-21)13-19-15(18-3)20-14-17(22-4)5-9-23-10-6-17;/h5-14H2,1-4H3,(H2,18,19,20);1H. The molecule has 25 heavy (non-hydrogen) atoms. The van der Waals surface area contributed by atoms with E-state index in [2.05, 4.69) is 34.4 Å². The van der Waals surface area contributed by atoms with Crippen LogP contribution >= 0.6 is 24.0 Å². The fourth-order valence-electron chi connectivity index (χ4n) is 3.24. The predicted octanol–water partition coefficient (Wildman–Crippen LogP) is 1.08. The molecule has 0 amide bonds. The van der Waals surface area contributed by atoms with Gasteiger partial charge in [0.2, 0.25) is 0 Å². The van der Waals surface area contributed by atoms with Crippen LogP contribution in [0.25, 0.3) is 0 Å². The maximum Gasteiger partial charge on any atom is 0.191 e. The summed E-state index contributed by atoms with van der Waals surface area (Å²) in [7, 11) is 3.59. The number of nitrogens with one attached hydrogen (secondary N) is 2. The van der Waals surface area contributed by atoms with Crippen LogP contribution in [0.4, 0.5) is 0 Å². The minimum Gasteiger partial charge on any atom is -0.381 e. The molecule has 2 N–H and O–H groups in total. The molecule has 0 aromatic carbocycles. The minimum absolute atomic E-state index is 0. The summed E-state index contributed by atoms with van der Waals surface area (Å²) in [6.45, 7) is 11.2. The van der Waals surface area contributed by atoms with Gasteiger partial charge in [-0.3, -0.25) is 9.89 Å². The Balaban J connectivity index is 0.00000312. The molecule has 0 saturated carbocycles. The first-order valence-corrected chi connectivity index (χ1v) is 8.92. The fraction of sp³-hybridized carbons (Fsp3) is 0.941. The van der Waals surface area contributed by atoms with E-state index in [9.17, 15) is 0 Å². The van der Waals surface area contributed by atoms with Gasteiger partial charge in [0.1, 0.15) is 0 Å². The number of nitrogens with zero attached hydrogens (tertiary/aromatic N) is 2. The second-order valence-corrected chi connectivity index (χ2v) is 7.19. The van der Waals surface area contributed by atoms with Gasteiger partial charge in [0.05, 0.1) is 18.8 Å². The number of morpholine rings is 1. The first-order chi connectivity index (χ1) is 11.5. The van der Waals surface area contributed by atoms with Gasteiger partial charge in [0.15, 0.2) is 5.96 Å². The molecule has 2 heterocycles. The van der Waals surface area contributed by atoms with Crippen LogP contribution in [0.2, 0.25) is 0 Å². The van der Waals surface area contributed by atoms with Crippen molar-refractivity contribution in [2.24, 2.45) is 4.99 Å². The Kier molecular flexibility index (Phi) is 9.94. The molecule has 2 saturated heterocycles. The first kappa shape index (κ1) is 22.9. The maximum atomic E-state index is 5.77. The van der Waals surface area contributed by atoms with Crippen LogP contribution in [0.15, 0.2) is 4.99 Å². The highest BCUT2D eigenvalue weighted by molar-refractivity contribution is 14.0. The Morgan fingerprint density at radius 2 is 1.72 bits per heavy atom. The van der Waals surface area contributed by atoms with E-state index in [1.54, 1.807) is 14.2 Å². The molecule has 0 aromatic rings. The molecule has 8 heteroatoms. The molecule has 7 nitrogen and oxygen atoms in total. The van der Waals surface area contributed by atoms with Gasteiger partial charge in [-0.15, -0.1) is 24.0 Å². The quantitative estimate of drug-likeness (QED) is 0.344. The van der Waals surface area contributed by atoms with Gasteiger partial charge in [-0.05, 0) is 13.8 Å². The van der Waals surface area contributed by atoms with E-state index >= 15 is 0 Å². The lowest BCUT2D eigenvalue weighted by Crippen LogP contribution is -2.57. The zero-order valence-electron chi connectivity index (χ0n) is 16.1. The third-order valence-electron chi connectivity index (χ3n) is 5.19. The highest BCUT2D eigenvalue weighted by Gasteiger charge is 2.33. The van der Waals surface area contributed by atoms with Crippen molar-refractivity contribution in [3.8, 4) is 0 Å². The summed E-state index contributed by atoms with van der Waals surface area (Å²) >= 11 is 0. The molecular weight excluding hydrogens is 435 g/mol. The monoisotopic (exact) mass is 470 g/mol. The lowest BCUT2D eigenvalue weighted by Gasteiger charge is -2.41. The molecule has 2 fully saturated rings. The number of ether oxygens (including phenoxy) is 3. The van der Waals surface area contributed by atoms with Crippen LogP contribution in [0, 0.1) is 0 Å². The number of methoxy groups -OCH3 is 1. The zero-order chi connectivity index (χ0) is 17.5. The molecule has 148 valence electrons. The van der Waals surface area contributed by atoms with E-state index < -0.39 is 0 Å². The summed E-state index contributed by atoms with van der Waals surface area (Å²) in [6, 6.07) is 0. The van der Waals surface area contributed by atoms with Crippen LogP contribution in [-0.2, 0) is 14.2 Å². The van der Waals surface area contributed by atoms with Crippen molar-refractivity contribution in [3.05, 3.63) is 0 Å². The average molecular weight is 470 g/mol. The summed E-state index contributed by atoms with van der Waals surface area (Å²) in [5, 5.41) is 6.88. The summed E-state index contributed by atoms with van der Waals surface area (Å²) in [5.74, 6) is 0.819. The molecule has 0 aromatic heterocycles. The van der Waals surface area contributed by atoms with Gasteiger partial charge >= 0.3 is 0 Å². The van der Waals surface area contributed by atoms with Crippen molar-refractivity contribution in [3.63, 3.8) is 0 Å². The maximum absolute atomic E-state index is 5.77. The predicted molar refractivity (Wildman–Crippen MR) is 111 cm³/mol. The molecule has 0 radical (unpaired) electrons. The second-order valence-electron chi connectivity index (χ2n) is 7.19. The number of hydrogen-bond donors (Lipinski definition) is 2. The fourth-order valence-corrected chi connectivity index (χ4v) is 3.24. The molecule has 2 aliphatic heterocycles. The number of rotatable bonds is 6. The van der Waals surface area contributed by atoms with Crippen molar-refractivity contribution < 1.29 is 14.2 Å². The molecule has 2 aliphatic rings.